The third kappa shape index (κ3) is 5.20. The Morgan fingerprint density at radius 1 is 1.15 bits per heavy atom. The van der Waals surface area contributed by atoms with Crippen LogP contribution < -0.4 is 10.1 Å². The van der Waals surface area contributed by atoms with Gasteiger partial charge in [-0.25, -0.2) is 0 Å². The molecule has 0 unspecified atom stereocenters. The predicted molar refractivity (Wildman–Crippen MR) is 106 cm³/mol. The summed E-state index contributed by atoms with van der Waals surface area (Å²) in [6.45, 7) is 5.16. The third-order valence-electron chi connectivity index (χ3n) is 4.34. The molecule has 5 heteroatoms. The molecule has 3 aromatic rings. The van der Waals surface area contributed by atoms with Gasteiger partial charge in [0.15, 0.2) is 0 Å². The van der Waals surface area contributed by atoms with Gasteiger partial charge in [0, 0.05) is 18.8 Å². The lowest BCUT2D eigenvalue weighted by Crippen LogP contribution is -2.23. The van der Waals surface area contributed by atoms with E-state index in [1.54, 1.807) is 10.7 Å². The summed E-state index contributed by atoms with van der Waals surface area (Å²) in [5, 5.41) is 7.15. The minimum atomic E-state index is -0.121. The number of carbonyl (C=O) groups is 1. The van der Waals surface area contributed by atoms with Gasteiger partial charge in [0.25, 0.3) is 5.91 Å². The van der Waals surface area contributed by atoms with Gasteiger partial charge in [0.2, 0.25) is 0 Å². The number of rotatable bonds is 7. The van der Waals surface area contributed by atoms with E-state index in [2.05, 4.69) is 36.4 Å². The Labute approximate surface area is 160 Å². The summed E-state index contributed by atoms with van der Waals surface area (Å²) in [5.41, 5.74) is 3.68. The maximum Gasteiger partial charge on any atom is 0.251 e. The number of ether oxygens (including phenoxy) is 1. The highest BCUT2D eigenvalue weighted by Crippen LogP contribution is 2.19. The number of nitrogens with one attached hydrogen (secondary N) is 1. The quantitative estimate of drug-likeness (QED) is 0.689. The minimum Gasteiger partial charge on any atom is -0.489 e. The largest absolute Gasteiger partial charge is 0.489 e. The van der Waals surface area contributed by atoms with E-state index in [-0.39, 0.29) is 5.91 Å². The Morgan fingerprint density at radius 3 is 2.59 bits per heavy atom. The molecule has 1 N–H and O–H groups in total. The summed E-state index contributed by atoms with van der Waals surface area (Å²) in [4.78, 5) is 12.4. The molecular weight excluding hydrogens is 338 g/mol. The van der Waals surface area contributed by atoms with Crippen LogP contribution in [0.3, 0.4) is 0 Å². The van der Waals surface area contributed by atoms with Gasteiger partial charge >= 0.3 is 0 Å². The molecule has 1 amide bonds. The first-order valence-electron chi connectivity index (χ1n) is 9.09. The SMILES string of the molecule is CC(C)c1ccc(OCc2cccc(C(=O)NCc3ccn(C)n3)c2)cc1. The topological polar surface area (TPSA) is 56.1 Å². The van der Waals surface area contributed by atoms with Crippen LogP contribution in [-0.4, -0.2) is 15.7 Å². The van der Waals surface area contributed by atoms with Gasteiger partial charge in [-0.05, 0) is 47.4 Å². The zero-order valence-corrected chi connectivity index (χ0v) is 16.0. The second-order valence-corrected chi connectivity index (χ2v) is 6.88. The number of aryl methyl sites for hydroxylation is 1. The lowest BCUT2D eigenvalue weighted by Gasteiger charge is -2.10. The number of benzene rings is 2. The molecule has 1 heterocycles. The predicted octanol–water partition coefficient (Wildman–Crippen LogP) is 4.05. The highest BCUT2D eigenvalue weighted by atomic mass is 16.5. The average molecular weight is 363 g/mol. The van der Waals surface area contributed by atoms with Crippen LogP contribution in [0.5, 0.6) is 5.75 Å². The second kappa shape index (κ2) is 8.54. The van der Waals surface area contributed by atoms with Crippen LogP contribution in [0.1, 0.15) is 46.9 Å². The van der Waals surface area contributed by atoms with Crippen molar-refractivity contribution in [3.05, 3.63) is 83.2 Å². The number of hydrogen-bond donors (Lipinski definition) is 1. The van der Waals surface area contributed by atoms with Crippen molar-refractivity contribution in [2.75, 3.05) is 0 Å². The zero-order chi connectivity index (χ0) is 19.2. The van der Waals surface area contributed by atoms with Gasteiger partial charge < -0.3 is 10.1 Å². The normalized spacial score (nSPS) is 10.8. The van der Waals surface area contributed by atoms with E-state index in [1.165, 1.54) is 5.56 Å². The molecule has 5 nitrogen and oxygen atoms in total. The standard InChI is InChI=1S/C22H25N3O2/c1-16(2)18-7-9-21(10-8-18)27-15-17-5-4-6-19(13-17)22(26)23-14-20-11-12-25(3)24-20/h4-13,16H,14-15H2,1-3H3,(H,23,26). The van der Waals surface area contributed by atoms with Crippen molar-refractivity contribution >= 4 is 5.91 Å². The van der Waals surface area contributed by atoms with Crippen LogP contribution >= 0.6 is 0 Å². The van der Waals surface area contributed by atoms with E-state index < -0.39 is 0 Å². The van der Waals surface area contributed by atoms with E-state index in [9.17, 15) is 4.79 Å². The second-order valence-electron chi connectivity index (χ2n) is 6.88. The Balaban J connectivity index is 1.57. The number of aromatic nitrogens is 2. The Kier molecular flexibility index (Phi) is 5.91. The Hall–Kier alpha value is -3.08. The van der Waals surface area contributed by atoms with Crippen molar-refractivity contribution in [3.8, 4) is 5.75 Å². The molecular formula is C22H25N3O2. The third-order valence-corrected chi connectivity index (χ3v) is 4.34. The van der Waals surface area contributed by atoms with Gasteiger partial charge in [0.1, 0.15) is 12.4 Å². The summed E-state index contributed by atoms with van der Waals surface area (Å²) < 4.78 is 7.56. The van der Waals surface area contributed by atoms with Crippen LogP contribution in [0, 0.1) is 0 Å². The molecule has 27 heavy (non-hydrogen) atoms. The van der Waals surface area contributed by atoms with Crippen molar-refractivity contribution in [3.63, 3.8) is 0 Å². The van der Waals surface area contributed by atoms with E-state index in [1.807, 2.05) is 49.6 Å². The van der Waals surface area contributed by atoms with Gasteiger partial charge in [-0.15, -0.1) is 0 Å². The molecule has 140 valence electrons. The molecule has 0 bridgehead atoms. The molecule has 0 fully saturated rings. The highest BCUT2D eigenvalue weighted by Gasteiger charge is 2.08. The molecule has 0 aliphatic heterocycles. The van der Waals surface area contributed by atoms with E-state index in [0.29, 0.717) is 24.6 Å². The highest BCUT2D eigenvalue weighted by molar-refractivity contribution is 5.94. The van der Waals surface area contributed by atoms with Gasteiger partial charge in [-0.1, -0.05) is 38.1 Å². The maximum absolute atomic E-state index is 12.4. The van der Waals surface area contributed by atoms with E-state index in [0.717, 1.165) is 17.0 Å². The first-order chi connectivity index (χ1) is 13.0. The van der Waals surface area contributed by atoms with Crippen molar-refractivity contribution in [2.24, 2.45) is 7.05 Å². The van der Waals surface area contributed by atoms with Crippen LogP contribution in [0.2, 0.25) is 0 Å². The summed E-state index contributed by atoms with van der Waals surface area (Å²) in [6.07, 6.45) is 1.85. The van der Waals surface area contributed by atoms with Crippen LogP contribution in [0.4, 0.5) is 0 Å². The number of carbonyl (C=O) groups excluding carboxylic acids is 1. The molecule has 0 aliphatic carbocycles. The smallest absolute Gasteiger partial charge is 0.251 e. The van der Waals surface area contributed by atoms with Gasteiger partial charge in [0.05, 0.1) is 12.2 Å². The molecule has 0 saturated heterocycles. The Bertz CT molecular complexity index is 898. The summed E-state index contributed by atoms with van der Waals surface area (Å²) in [6, 6.07) is 17.5. The Morgan fingerprint density at radius 2 is 1.93 bits per heavy atom. The minimum absolute atomic E-state index is 0.121. The number of amides is 1. The average Bonchev–Trinajstić information content (AvgIpc) is 3.10. The number of nitrogens with zero attached hydrogens (tertiary/aromatic N) is 2. The van der Waals surface area contributed by atoms with Crippen LogP contribution in [0.25, 0.3) is 0 Å². The van der Waals surface area contributed by atoms with Crippen molar-refractivity contribution in [1.82, 2.24) is 15.1 Å². The summed E-state index contributed by atoms with van der Waals surface area (Å²) in [5.74, 6) is 1.20. The fraction of sp³-hybridized carbons (Fsp3) is 0.273. The van der Waals surface area contributed by atoms with E-state index in [4.69, 9.17) is 4.74 Å². The molecule has 0 spiro atoms. The molecule has 3 rings (SSSR count). The molecule has 2 aromatic carbocycles. The fourth-order valence-electron chi connectivity index (χ4n) is 2.75. The van der Waals surface area contributed by atoms with Gasteiger partial charge in [-0.3, -0.25) is 9.48 Å². The first kappa shape index (κ1) is 18.7. The first-order valence-corrected chi connectivity index (χ1v) is 9.09. The molecule has 1 aromatic heterocycles. The fourth-order valence-corrected chi connectivity index (χ4v) is 2.75. The van der Waals surface area contributed by atoms with Crippen molar-refractivity contribution < 1.29 is 9.53 Å². The molecule has 0 aliphatic rings. The van der Waals surface area contributed by atoms with E-state index >= 15 is 0 Å². The van der Waals surface area contributed by atoms with Crippen molar-refractivity contribution in [1.29, 1.82) is 0 Å². The summed E-state index contributed by atoms with van der Waals surface area (Å²) in [7, 11) is 1.85. The lowest BCUT2D eigenvalue weighted by atomic mass is 10.0. The molecule has 0 atom stereocenters. The molecule has 0 saturated carbocycles. The number of hydrogen-bond acceptors (Lipinski definition) is 3. The summed E-state index contributed by atoms with van der Waals surface area (Å²) >= 11 is 0. The van der Waals surface area contributed by atoms with Gasteiger partial charge in [-0.2, -0.15) is 5.10 Å². The maximum atomic E-state index is 12.4. The monoisotopic (exact) mass is 363 g/mol. The van der Waals surface area contributed by atoms with Crippen LogP contribution in [0.15, 0.2) is 60.8 Å². The van der Waals surface area contributed by atoms with Crippen molar-refractivity contribution in [2.45, 2.75) is 32.9 Å². The zero-order valence-electron chi connectivity index (χ0n) is 16.0. The molecule has 0 radical (unpaired) electrons. The lowest BCUT2D eigenvalue weighted by molar-refractivity contribution is 0.0950. The van der Waals surface area contributed by atoms with Crippen LogP contribution in [-0.2, 0) is 20.2 Å².